The summed E-state index contributed by atoms with van der Waals surface area (Å²) in [6.07, 6.45) is -8.99. The van der Waals surface area contributed by atoms with Crippen molar-refractivity contribution in [2.24, 2.45) is 0 Å². The molecular formula is C64H58F8N4O16P2. The van der Waals surface area contributed by atoms with Crippen molar-refractivity contribution in [1.29, 1.82) is 0 Å². The summed E-state index contributed by atoms with van der Waals surface area (Å²) in [6.45, 7) is -0.496. The van der Waals surface area contributed by atoms with Crippen molar-refractivity contribution < 1.29 is 111 Å². The van der Waals surface area contributed by atoms with Crippen molar-refractivity contribution in [2.75, 3.05) is 28.4 Å². The Morgan fingerprint density at radius 2 is 0.702 bits per heavy atom. The zero-order chi connectivity index (χ0) is 68.5. The first-order valence-corrected chi connectivity index (χ1v) is 31.2. The lowest BCUT2D eigenvalue weighted by Gasteiger charge is -2.23. The van der Waals surface area contributed by atoms with Crippen molar-refractivity contribution in [3.8, 4) is 5.75 Å². The van der Waals surface area contributed by atoms with Crippen LogP contribution < -0.4 is 47.2 Å². The van der Waals surface area contributed by atoms with Crippen molar-refractivity contribution in [3.05, 3.63) is 220 Å². The molecule has 7 aromatic rings. The first kappa shape index (κ1) is 71.7. The molecule has 7 rings (SSSR count). The summed E-state index contributed by atoms with van der Waals surface area (Å²) in [5.74, 6) is -21.1. The van der Waals surface area contributed by atoms with Gasteiger partial charge in [0.1, 0.15) is 37.4 Å². The van der Waals surface area contributed by atoms with Crippen LogP contribution in [0.15, 0.2) is 158 Å². The summed E-state index contributed by atoms with van der Waals surface area (Å²) in [5.41, 5.74) is 2.35. The Bertz CT molecular complexity index is 3920. The minimum absolute atomic E-state index is 0.0766. The molecule has 0 fully saturated rings. The third-order valence-electron chi connectivity index (χ3n) is 14.2. The fraction of sp³-hybridized carbons (Fsp3) is 0.234. The van der Waals surface area contributed by atoms with Gasteiger partial charge in [0.05, 0.1) is 14.2 Å². The molecular weight excluding hydrogens is 1290 g/mol. The molecule has 0 radical (unpaired) electrons. The second-order valence-electron chi connectivity index (χ2n) is 20.4. The molecule has 0 bridgehead atoms. The highest BCUT2D eigenvalue weighted by atomic mass is 31.2. The molecule has 0 saturated carbocycles. The van der Waals surface area contributed by atoms with Gasteiger partial charge in [0.25, 0.3) is 14.7 Å². The average molecular weight is 1350 g/mol. The van der Waals surface area contributed by atoms with E-state index in [9.17, 15) is 77.8 Å². The summed E-state index contributed by atoms with van der Waals surface area (Å²) in [4.78, 5) is 91.3. The van der Waals surface area contributed by atoms with E-state index < -0.39 is 135 Å². The van der Waals surface area contributed by atoms with Crippen LogP contribution in [0.2, 0.25) is 0 Å². The van der Waals surface area contributed by atoms with Gasteiger partial charge in [0.15, 0.2) is 0 Å². The smallest absolute Gasteiger partial charge is 0.467 e. The molecule has 7 aromatic carbocycles. The molecule has 0 heterocycles. The molecule has 4 amide bonds. The number of benzene rings is 7. The van der Waals surface area contributed by atoms with Gasteiger partial charge in [0.2, 0.25) is 40.7 Å². The zero-order valence-electron chi connectivity index (χ0n) is 50.0. The van der Waals surface area contributed by atoms with E-state index in [4.69, 9.17) is 23.3 Å². The molecule has 0 saturated heterocycles. The van der Waals surface area contributed by atoms with Crippen LogP contribution in [0.5, 0.6) is 5.75 Å². The van der Waals surface area contributed by atoms with Crippen LogP contribution in [0, 0.1) is 29.1 Å². The number of esters is 3. The summed E-state index contributed by atoms with van der Waals surface area (Å²) in [5, 5.41) is 9.39. The van der Waals surface area contributed by atoms with Crippen molar-refractivity contribution >= 4 is 77.9 Å². The standard InChI is InChI=1S/C64H58F8N4O16P2/c1-86-58(78)48(32-38-17-25-44(26-18-38)94(85,89-4)46-29-21-40(22-30-46)34-50(76-63(83)91-36-42-13-9-6-10-14-42)60(80)92-56-54(68)52(66)51(65)53(67)55(56)69)73-57(77)47(75-62(82)90-35-41-11-7-5-8-12-41)31-37-15-23-43(24-16-37)93(84,88-3)45-27-19-39(20-28-45)33-49(59(79)87-2)74-61(81)64(70,71)72/h5-30,47-50H,31-36H2,1-4H3,(H,73,77)(H,74,81)(H,75,82)(H,76,83)/t47-,48-,49-,50-,93?,94?/m0/s1. The van der Waals surface area contributed by atoms with Crippen LogP contribution in [0.3, 0.4) is 0 Å². The predicted molar refractivity (Wildman–Crippen MR) is 321 cm³/mol. The SMILES string of the molecule is COC(=O)[C@H](Cc1ccc(P(=O)(OC)c2ccc(C[C@H](NC(=O)OCc3ccccc3)C(=O)Oc3c(F)c(F)c(F)c(F)c3F)cc2)cc1)NC(=O)[C@H](Cc1ccc(P(=O)(OC)c2ccc(C[C@H](NC(=O)C(F)(F)F)C(=O)OC)cc2)cc1)NC(=O)OCc1ccccc1. The number of carbonyl (C=O) groups excluding carboxylic acids is 7. The molecule has 4 N–H and O–H groups in total. The highest BCUT2D eigenvalue weighted by Gasteiger charge is 2.41. The highest BCUT2D eigenvalue weighted by molar-refractivity contribution is 7.74. The monoisotopic (exact) mass is 1350 g/mol. The number of halogens is 8. The van der Waals surface area contributed by atoms with Crippen LogP contribution in [-0.4, -0.2) is 101 Å². The highest BCUT2D eigenvalue weighted by Crippen LogP contribution is 2.45. The molecule has 0 spiro atoms. The molecule has 0 aliphatic heterocycles. The van der Waals surface area contributed by atoms with Crippen LogP contribution in [0.25, 0.3) is 0 Å². The minimum atomic E-state index is -5.28. The summed E-state index contributed by atoms with van der Waals surface area (Å²) < 4.78 is 175. The lowest BCUT2D eigenvalue weighted by atomic mass is 10.0. The largest absolute Gasteiger partial charge is 0.471 e. The van der Waals surface area contributed by atoms with E-state index in [0.29, 0.717) is 22.3 Å². The van der Waals surface area contributed by atoms with Gasteiger partial charge >= 0.3 is 42.2 Å². The number of rotatable bonds is 27. The Balaban J connectivity index is 1.06. The van der Waals surface area contributed by atoms with E-state index in [2.05, 4.69) is 25.4 Å². The van der Waals surface area contributed by atoms with Gasteiger partial charge in [-0.3, -0.25) is 18.7 Å². The van der Waals surface area contributed by atoms with E-state index in [1.165, 1.54) is 104 Å². The molecule has 6 atom stereocenters. The number of alkyl halides is 3. The fourth-order valence-corrected chi connectivity index (χ4v) is 12.8. The lowest BCUT2D eigenvalue weighted by Crippen LogP contribution is -2.53. The average Bonchev–Trinajstić information content (AvgIpc) is 0.806. The van der Waals surface area contributed by atoms with Crippen LogP contribution >= 0.6 is 14.7 Å². The van der Waals surface area contributed by atoms with Crippen LogP contribution in [0.1, 0.15) is 33.4 Å². The van der Waals surface area contributed by atoms with Crippen molar-refractivity contribution in [3.63, 3.8) is 0 Å². The Kier molecular flexibility index (Phi) is 24.6. The number of carbonyl (C=O) groups is 7. The normalized spacial score (nSPS) is 13.8. The molecule has 0 aromatic heterocycles. The van der Waals surface area contributed by atoms with Gasteiger partial charge < -0.3 is 54.0 Å². The zero-order valence-corrected chi connectivity index (χ0v) is 51.8. The number of nitrogens with one attached hydrogen (secondary N) is 4. The van der Waals surface area contributed by atoms with Crippen LogP contribution in [-0.2, 0) is 100.0 Å². The second kappa shape index (κ2) is 32.2. The summed E-state index contributed by atoms with van der Waals surface area (Å²) >= 11 is 0. The van der Waals surface area contributed by atoms with E-state index >= 15 is 0 Å². The molecule has 0 aliphatic carbocycles. The van der Waals surface area contributed by atoms with E-state index in [-0.39, 0.29) is 58.4 Å². The molecule has 2 unspecified atom stereocenters. The first-order chi connectivity index (χ1) is 44.7. The van der Waals surface area contributed by atoms with E-state index in [0.717, 1.165) is 21.3 Å². The van der Waals surface area contributed by atoms with E-state index in [1.54, 1.807) is 66.0 Å². The van der Waals surface area contributed by atoms with Gasteiger partial charge in [-0.15, -0.1) is 0 Å². The van der Waals surface area contributed by atoms with Gasteiger partial charge in [-0.2, -0.15) is 22.0 Å². The predicted octanol–water partition coefficient (Wildman–Crippen LogP) is 8.08. The third-order valence-corrected chi connectivity index (χ3v) is 19.2. The van der Waals surface area contributed by atoms with Gasteiger partial charge in [-0.25, -0.2) is 37.1 Å². The maximum atomic E-state index is 14.7. The number of ether oxygens (including phenoxy) is 5. The maximum absolute atomic E-state index is 14.7. The topological polar surface area (TPSA) is 266 Å². The molecule has 496 valence electrons. The Morgan fingerprint density at radius 1 is 0.394 bits per heavy atom. The van der Waals surface area contributed by atoms with Gasteiger partial charge in [-0.1, -0.05) is 109 Å². The van der Waals surface area contributed by atoms with Crippen molar-refractivity contribution in [1.82, 2.24) is 21.3 Å². The summed E-state index contributed by atoms with van der Waals surface area (Å²) in [7, 11) is -3.56. The first-order valence-electron chi connectivity index (χ1n) is 27.9. The number of alkyl carbamates (subject to hydrolysis) is 2. The Morgan fingerprint density at radius 3 is 1.03 bits per heavy atom. The quantitative estimate of drug-likeness (QED) is 0.00721. The fourth-order valence-electron chi connectivity index (χ4n) is 9.22. The lowest BCUT2D eigenvalue weighted by molar-refractivity contribution is -0.175. The number of amides is 4. The maximum Gasteiger partial charge on any atom is 0.471 e. The Labute approximate surface area is 531 Å². The molecule has 0 aliphatic rings. The van der Waals surface area contributed by atoms with Crippen molar-refractivity contribution in [2.45, 2.75) is 69.2 Å². The number of hydrogen-bond acceptors (Lipinski definition) is 16. The third kappa shape index (κ3) is 18.3. The summed E-state index contributed by atoms with van der Waals surface area (Å²) in [6, 6.07) is 32.8. The number of methoxy groups -OCH3 is 2. The van der Waals surface area contributed by atoms with Gasteiger partial charge in [-0.05, 0) is 81.9 Å². The number of hydrogen-bond donors (Lipinski definition) is 4. The minimum Gasteiger partial charge on any atom is -0.467 e. The van der Waals surface area contributed by atoms with Crippen LogP contribution in [0.4, 0.5) is 44.7 Å². The molecule has 30 heteroatoms. The molecule has 94 heavy (non-hydrogen) atoms. The van der Waals surface area contributed by atoms with Gasteiger partial charge in [0, 0.05) is 61.1 Å². The molecule has 20 nitrogen and oxygen atoms in total. The van der Waals surface area contributed by atoms with E-state index in [1.807, 2.05) is 0 Å². The Hall–Kier alpha value is -9.75. The second-order valence-corrected chi connectivity index (χ2v) is 25.4.